The quantitative estimate of drug-likeness (QED) is 0.385. The van der Waals surface area contributed by atoms with E-state index in [1.54, 1.807) is 6.33 Å². The van der Waals surface area contributed by atoms with Crippen LogP contribution in [0.3, 0.4) is 0 Å². The summed E-state index contributed by atoms with van der Waals surface area (Å²) in [4.78, 5) is 4.33. The second-order valence-corrected chi connectivity index (χ2v) is 6.23. The van der Waals surface area contributed by atoms with Crippen molar-refractivity contribution in [3.8, 4) is 0 Å². The van der Waals surface area contributed by atoms with Gasteiger partial charge in [-0.05, 0) is 16.7 Å². The molecule has 0 atom stereocenters. The van der Waals surface area contributed by atoms with E-state index in [1.165, 1.54) is 0 Å². The second kappa shape index (κ2) is 8.68. The Kier molecular flexibility index (Phi) is 6.30. The monoisotopic (exact) mass is 362 g/mol. The third-order valence-corrected chi connectivity index (χ3v) is 4.75. The van der Waals surface area contributed by atoms with Crippen molar-refractivity contribution in [2.45, 2.75) is 12.1 Å². The summed E-state index contributed by atoms with van der Waals surface area (Å²) in [5, 5.41) is 11.4. The molecule has 0 bridgehead atoms. The van der Waals surface area contributed by atoms with E-state index < -0.39 is 5.54 Å². The summed E-state index contributed by atoms with van der Waals surface area (Å²) in [5.41, 5.74) is 3.30. The SMILES string of the molecule is [Na+].[O-]Cc1cn(C(c2ccccc2)(c2ccccc2)c2ccccc2)cn1. The molecule has 1 aromatic heterocycles. The van der Waals surface area contributed by atoms with Crippen molar-refractivity contribution in [3.05, 3.63) is 126 Å². The molecule has 27 heavy (non-hydrogen) atoms. The summed E-state index contributed by atoms with van der Waals surface area (Å²) < 4.78 is 2.06. The van der Waals surface area contributed by atoms with Crippen molar-refractivity contribution in [3.63, 3.8) is 0 Å². The number of benzene rings is 3. The average molecular weight is 362 g/mol. The Bertz CT molecular complexity index is 872. The van der Waals surface area contributed by atoms with Gasteiger partial charge in [-0.1, -0.05) is 97.6 Å². The topological polar surface area (TPSA) is 40.9 Å². The summed E-state index contributed by atoms with van der Waals surface area (Å²) in [6.45, 7) is -0.332. The summed E-state index contributed by atoms with van der Waals surface area (Å²) in [7, 11) is 0. The van der Waals surface area contributed by atoms with Gasteiger partial charge in [-0.15, -0.1) is 0 Å². The Morgan fingerprint density at radius 1 is 0.704 bits per heavy atom. The molecule has 0 saturated carbocycles. The fourth-order valence-electron chi connectivity index (χ4n) is 3.61. The van der Waals surface area contributed by atoms with Crippen molar-refractivity contribution in [1.29, 1.82) is 0 Å². The van der Waals surface area contributed by atoms with Crippen molar-refractivity contribution in [2.75, 3.05) is 0 Å². The standard InChI is InChI=1S/C23H19N2O.Na/c26-17-22-16-25(18-24-22)23(19-10-4-1-5-11-19,20-12-6-2-7-13-20)21-14-8-3-9-15-21;/h1-16,18H,17H2;/q-1;+1. The van der Waals surface area contributed by atoms with Gasteiger partial charge in [0, 0.05) is 11.9 Å². The van der Waals surface area contributed by atoms with E-state index in [0.717, 1.165) is 16.7 Å². The van der Waals surface area contributed by atoms with Gasteiger partial charge in [0.15, 0.2) is 0 Å². The van der Waals surface area contributed by atoms with Crippen LogP contribution in [0.25, 0.3) is 0 Å². The molecule has 0 N–H and O–H groups in total. The predicted molar refractivity (Wildman–Crippen MR) is 101 cm³/mol. The number of nitrogens with zero attached hydrogens (tertiary/aromatic N) is 2. The summed E-state index contributed by atoms with van der Waals surface area (Å²) in [6, 6.07) is 31.0. The number of aromatic nitrogens is 2. The van der Waals surface area contributed by atoms with E-state index in [-0.39, 0.29) is 36.2 Å². The molecule has 4 rings (SSSR count). The maximum Gasteiger partial charge on any atom is 1.00 e. The Morgan fingerprint density at radius 2 is 1.11 bits per heavy atom. The van der Waals surface area contributed by atoms with Crippen LogP contribution in [0.15, 0.2) is 104 Å². The molecule has 1 heterocycles. The van der Waals surface area contributed by atoms with Gasteiger partial charge >= 0.3 is 29.6 Å². The molecular formula is C23H19N2NaO. The Balaban J connectivity index is 0.00000210. The molecule has 3 aromatic carbocycles. The van der Waals surface area contributed by atoms with E-state index in [0.29, 0.717) is 5.69 Å². The van der Waals surface area contributed by atoms with E-state index in [9.17, 15) is 5.11 Å². The number of rotatable bonds is 5. The average Bonchev–Trinajstić information content (AvgIpc) is 3.21. The molecule has 4 heteroatoms. The predicted octanol–water partition coefficient (Wildman–Crippen LogP) is 0.588. The molecule has 4 aromatic rings. The second-order valence-electron chi connectivity index (χ2n) is 6.23. The van der Waals surface area contributed by atoms with Crippen LogP contribution in [-0.4, -0.2) is 9.55 Å². The third-order valence-electron chi connectivity index (χ3n) is 4.75. The molecular weight excluding hydrogens is 343 g/mol. The van der Waals surface area contributed by atoms with Crippen LogP contribution < -0.4 is 34.7 Å². The summed E-state index contributed by atoms with van der Waals surface area (Å²) in [6.07, 6.45) is 3.63. The molecule has 0 amide bonds. The van der Waals surface area contributed by atoms with E-state index in [2.05, 4.69) is 45.9 Å². The van der Waals surface area contributed by atoms with Gasteiger partial charge in [-0.2, -0.15) is 0 Å². The molecule has 0 aliphatic heterocycles. The van der Waals surface area contributed by atoms with Gasteiger partial charge in [-0.25, -0.2) is 4.98 Å². The van der Waals surface area contributed by atoms with E-state index in [4.69, 9.17) is 0 Å². The minimum Gasteiger partial charge on any atom is -0.850 e. The summed E-state index contributed by atoms with van der Waals surface area (Å²) in [5.74, 6) is 0. The van der Waals surface area contributed by atoms with Crippen LogP contribution in [0.2, 0.25) is 0 Å². The first kappa shape index (κ1) is 19.6. The minimum atomic E-state index is -0.593. The Labute approximate surface area is 181 Å². The van der Waals surface area contributed by atoms with Gasteiger partial charge < -0.3 is 9.67 Å². The molecule has 0 radical (unpaired) electrons. The first-order valence-corrected chi connectivity index (χ1v) is 8.63. The van der Waals surface area contributed by atoms with Gasteiger partial charge in [0.1, 0.15) is 5.54 Å². The fraction of sp³-hybridized carbons (Fsp3) is 0.0870. The van der Waals surface area contributed by atoms with Crippen LogP contribution in [0, 0.1) is 0 Å². The van der Waals surface area contributed by atoms with Crippen LogP contribution in [0.4, 0.5) is 0 Å². The van der Waals surface area contributed by atoms with E-state index >= 15 is 0 Å². The van der Waals surface area contributed by atoms with Gasteiger partial charge in [-0.3, -0.25) is 0 Å². The van der Waals surface area contributed by atoms with Gasteiger partial charge in [0.25, 0.3) is 0 Å². The first-order chi connectivity index (χ1) is 12.9. The third kappa shape index (κ3) is 3.52. The van der Waals surface area contributed by atoms with Crippen LogP contribution in [-0.2, 0) is 12.1 Å². The van der Waals surface area contributed by atoms with Crippen molar-refractivity contribution >= 4 is 0 Å². The molecule has 0 saturated heterocycles. The molecule has 128 valence electrons. The van der Waals surface area contributed by atoms with E-state index in [1.807, 2.05) is 60.8 Å². The normalized spacial score (nSPS) is 11.0. The van der Waals surface area contributed by atoms with Crippen molar-refractivity contribution in [1.82, 2.24) is 9.55 Å². The minimum absolute atomic E-state index is 0. The Hall–Kier alpha value is -2.17. The maximum atomic E-state index is 11.4. The largest absolute Gasteiger partial charge is 1.00 e. The molecule has 3 nitrogen and oxygen atoms in total. The number of imidazole rings is 1. The van der Waals surface area contributed by atoms with Crippen molar-refractivity contribution in [2.24, 2.45) is 0 Å². The molecule has 0 aliphatic rings. The van der Waals surface area contributed by atoms with Crippen LogP contribution in [0.5, 0.6) is 0 Å². The summed E-state index contributed by atoms with van der Waals surface area (Å²) >= 11 is 0. The molecule has 0 aliphatic carbocycles. The van der Waals surface area contributed by atoms with Crippen LogP contribution >= 0.6 is 0 Å². The molecule has 0 spiro atoms. The molecule has 0 unspecified atom stereocenters. The van der Waals surface area contributed by atoms with Gasteiger partial charge in [0.05, 0.1) is 6.33 Å². The zero-order chi connectivity index (χ0) is 17.8. The maximum absolute atomic E-state index is 11.4. The Morgan fingerprint density at radius 3 is 1.44 bits per heavy atom. The van der Waals surface area contributed by atoms with Crippen molar-refractivity contribution < 1.29 is 34.7 Å². The van der Waals surface area contributed by atoms with Gasteiger partial charge in [0.2, 0.25) is 0 Å². The fourth-order valence-corrected chi connectivity index (χ4v) is 3.61. The zero-order valence-electron chi connectivity index (χ0n) is 15.3. The zero-order valence-corrected chi connectivity index (χ0v) is 17.3. The smallest absolute Gasteiger partial charge is 0.850 e. The van der Waals surface area contributed by atoms with Crippen LogP contribution in [0.1, 0.15) is 22.4 Å². The molecule has 0 fully saturated rings. The first-order valence-electron chi connectivity index (χ1n) is 8.63. The number of hydrogen-bond acceptors (Lipinski definition) is 2. The number of hydrogen-bond donors (Lipinski definition) is 0.